The molecule has 0 spiro atoms. The SMILES string of the molecule is CCOc1ccc(C(=O)NCCOc2cccc(C)c2C)cc1Cl. The van der Waals surface area contributed by atoms with Gasteiger partial charge in [-0.2, -0.15) is 0 Å². The first-order chi connectivity index (χ1) is 11.5. The van der Waals surface area contributed by atoms with Crippen molar-refractivity contribution in [2.75, 3.05) is 19.8 Å². The Labute approximate surface area is 147 Å². The highest BCUT2D eigenvalue weighted by Crippen LogP contribution is 2.25. The molecule has 4 nitrogen and oxygen atoms in total. The minimum Gasteiger partial charge on any atom is -0.492 e. The summed E-state index contributed by atoms with van der Waals surface area (Å²) >= 11 is 6.10. The summed E-state index contributed by atoms with van der Waals surface area (Å²) in [5.74, 6) is 1.23. The number of aryl methyl sites for hydroxylation is 1. The van der Waals surface area contributed by atoms with Gasteiger partial charge in [0, 0.05) is 5.56 Å². The molecule has 0 aliphatic carbocycles. The Balaban J connectivity index is 1.85. The maximum Gasteiger partial charge on any atom is 0.251 e. The molecule has 0 aliphatic rings. The highest BCUT2D eigenvalue weighted by atomic mass is 35.5. The van der Waals surface area contributed by atoms with Crippen LogP contribution in [0, 0.1) is 13.8 Å². The summed E-state index contributed by atoms with van der Waals surface area (Å²) in [7, 11) is 0. The van der Waals surface area contributed by atoms with Crippen molar-refractivity contribution >= 4 is 17.5 Å². The fourth-order valence-electron chi connectivity index (χ4n) is 2.22. The lowest BCUT2D eigenvalue weighted by molar-refractivity contribution is 0.0947. The lowest BCUT2D eigenvalue weighted by Gasteiger charge is -2.12. The number of benzene rings is 2. The number of rotatable bonds is 7. The van der Waals surface area contributed by atoms with Crippen molar-refractivity contribution in [2.45, 2.75) is 20.8 Å². The third kappa shape index (κ3) is 4.65. The van der Waals surface area contributed by atoms with Gasteiger partial charge in [-0.1, -0.05) is 23.7 Å². The van der Waals surface area contributed by atoms with Crippen LogP contribution in [0.5, 0.6) is 11.5 Å². The minimum atomic E-state index is -0.190. The van der Waals surface area contributed by atoms with E-state index in [-0.39, 0.29) is 5.91 Å². The van der Waals surface area contributed by atoms with Gasteiger partial charge in [-0.05, 0) is 56.2 Å². The van der Waals surface area contributed by atoms with Gasteiger partial charge < -0.3 is 14.8 Å². The van der Waals surface area contributed by atoms with Crippen molar-refractivity contribution in [1.82, 2.24) is 5.32 Å². The molecule has 0 unspecified atom stereocenters. The molecule has 0 radical (unpaired) electrons. The second-order valence-electron chi connectivity index (χ2n) is 5.38. The van der Waals surface area contributed by atoms with Gasteiger partial charge in [-0.15, -0.1) is 0 Å². The van der Waals surface area contributed by atoms with Crippen LogP contribution in [0.25, 0.3) is 0 Å². The topological polar surface area (TPSA) is 47.6 Å². The molecule has 0 saturated heterocycles. The van der Waals surface area contributed by atoms with Crippen molar-refractivity contribution in [3.05, 3.63) is 58.1 Å². The van der Waals surface area contributed by atoms with Crippen LogP contribution in [0.1, 0.15) is 28.4 Å². The Kier molecular flexibility index (Phi) is 6.50. The molecule has 128 valence electrons. The quantitative estimate of drug-likeness (QED) is 0.765. The molecule has 0 saturated carbocycles. The number of halogens is 1. The molecule has 0 atom stereocenters. The van der Waals surface area contributed by atoms with E-state index in [1.54, 1.807) is 18.2 Å². The van der Waals surface area contributed by atoms with Crippen LogP contribution in [-0.2, 0) is 0 Å². The van der Waals surface area contributed by atoms with Crippen LogP contribution in [0.4, 0.5) is 0 Å². The molecule has 24 heavy (non-hydrogen) atoms. The molecule has 2 rings (SSSR count). The molecule has 0 aromatic heterocycles. The summed E-state index contributed by atoms with van der Waals surface area (Å²) in [4.78, 5) is 12.1. The number of amides is 1. The van der Waals surface area contributed by atoms with Crippen LogP contribution >= 0.6 is 11.6 Å². The number of hydrogen-bond donors (Lipinski definition) is 1. The zero-order valence-corrected chi connectivity index (χ0v) is 14.9. The molecule has 1 N–H and O–H groups in total. The van der Waals surface area contributed by atoms with E-state index in [1.165, 1.54) is 5.56 Å². The first kappa shape index (κ1) is 18.1. The Morgan fingerprint density at radius 3 is 2.62 bits per heavy atom. The van der Waals surface area contributed by atoms with Gasteiger partial charge >= 0.3 is 0 Å². The van der Waals surface area contributed by atoms with Crippen molar-refractivity contribution in [3.8, 4) is 11.5 Å². The summed E-state index contributed by atoms with van der Waals surface area (Å²) in [5, 5.41) is 3.25. The largest absolute Gasteiger partial charge is 0.492 e. The zero-order chi connectivity index (χ0) is 17.5. The third-order valence-corrected chi connectivity index (χ3v) is 3.99. The van der Waals surface area contributed by atoms with E-state index in [4.69, 9.17) is 21.1 Å². The third-order valence-electron chi connectivity index (χ3n) is 3.69. The molecule has 0 heterocycles. The Hall–Kier alpha value is -2.20. The normalized spacial score (nSPS) is 10.3. The van der Waals surface area contributed by atoms with Crippen molar-refractivity contribution in [1.29, 1.82) is 0 Å². The van der Waals surface area contributed by atoms with Gasteiger partial charge in [0.1, 0.15) is 18.1 Å². The molecule has 0 bridgehead atoms. The van der Waals surface area contributed by atoms with Crippen LogP contribution < -0.4 is 14.8 Å². The number of hydrogen-bond acceptors (Lipinski definition) is 3. The summed E-state index contributed by atoms with van der Waals surface area (Å²) in [6.45, 7) is 7.29. The van der Waals surface area contributed by atoms with Gasteiger partial charge in [0.25, 0.3) is 5.91 Å². The minimum absolute atomic E-state index is 0.190. The molecular formula is C19H22ClNO3. The smallest absolute Gasteiger partial charge is 0.251 e. The fourth-order valence-corrected chi connectivity index (χ4v) is 2.46. The predicted octanol–water partition coefficient (Wildman–Crippen LogP) is 4.16. The number of ether oxygens (including phenoxy) is 2. The van der Waals surface area contributed by atoms with E-state index in [0.717, 1.165) is 11.3 Å². The molecule has 2 aromatic carbocycles. The van der Waals surface area contributed by atoms with E-state index in [1.807, 2.05) is 39.0 Å². The average Bonchev–Trinajstić information content (AvgIpc) is 2.57. The number of carbonyl (C=O) groups excluding carboxylic acids is 1. The second-order valence-corrected chi connectivity index (χ2v) is 5.79. The maximum atomic E-state index is 12.1. The molecule has 0 fully saturated rings. The van der Waals surface area contributed by atoms with E-state index in [9.17, 15) is 4.79 Å². The summed E-state index contributed by atoms with van der Waals surface area (Å²) < 4.78 is 11.1. The van der Waals surface area contributed by atoms with Crippen LogP contribution in [-0.4, -0.2) is 25.7 Å². The highest BCUT2D eigenvalue weighted by Gasteiger charge is 2.09. The standard InChI is InChI=1S/C19H22ClNO3/c1-4-23-18-9-8-15(12-16(18)20)19(22)21-10-11-24-17-7-5-6-13(2)14(17)3/h5-9,12H,4,10-11H2,1-3H3,(H,21,22). The van der Waals surface area contributed by atoms with Gasteiger partial charge in [0.05, 0.1) is 18.2 Å². The summed E-state index contributed by atoms with van der Waals surface area (Å²) in [6, 6.07) is 10.9. The maximum absolute atomic E-state index is 12.1. The predicted molar refractivity (Wildman–Crippen MR) is 96.4 cm³/mol. The number of carbonyl (C=O) groups is 1. The molecule has 1 amide bonds. The fraction of sp³-hybridized carbons (Fsp3) is 0.316. The summed E-state index contributed by atoms with van der Waals surface area (Å²) in [5.41, 5.74) is 2.79. The second kappa shape index (κ2) is 8.60. The van der Waals surface area contributed by atoms with Gasteiger partial charge in [0.15, 0.2) is 0 Å². The monoisotopic (exact) mass is 347 g/mol. The Bertz CT molecular complexity index is 716. The van der Waals surface area contributed by atoms with Gasteiger partial charge in [0.2, 0.25) is 0 Å². The van der Waals surface area contributed by atoms with Crippen molar-refractivity contribution in [3.63, 3.8) is 0 Å². The lowest BCUT2D eigenvalue weighted by Crippen LogP contribution is -2.28. The van der Waals surface area contributed by atoms with Gasteiger partial charge in [-0.3, -0.25) is 4.79 Å². The van der Waals surface area contributed by atoms with Crippen LogP contribution in [0.2, 0.25) is 5.02 Å². The summed E-state index contributed by atoms with van der Waals surface area (Å²) in [6.07, 6.45) is 0. The van der Waals surface area contributed by atoms with E-state index in [2.05, 4.69) is 5.32 Å². The van der Waals surface area contributed by atoms with Crippen molar-refractivity contribution in [2.24, 2.45) is 0 Å². The molecule has 2 aromatic rings. The van der Waals surface area contributed by atoms with Crippen LogP contribution in [0.15, 0.2) is 36.4 Å². The zero-order valence-electron chi connectivity index (χ0n) is 14.2. The Morgan fingerprint density at radius 2 is 1.92 bits per heavy atom. The lowest BCUT2D eigenvalue weighted by atomic mass is 10.1. The van der Waals surface area contributed by atoms with Gasteiger partial charge in [-0.25, -0.2) is 0 Å². The molecular weight excluding hydrogens is 326 g/mol. The molecule has 5 heteroatoms. The molecule has 0 aliphatic heterocycles. The highest BCUT2D eigenvalue weighted by molar-refractivity contribution is 6.32. The first-order valence-electron chi connectivity index (χ1n) is 7.92. The Morgan fingerprint density at radius 1 is 1.12 bits per heavy atom. The number of nitrogens with one attached hydrogen (secondary N) is 1. The van der Waals surface area contributed by atoms with E-state index >= 15 is 0 Å². The van der Waals surface area contributed by atoms with E-state index in [0.29, 0.717) is 36.1 Å². The average molecular weight is 348 g/mol. The van der Waals surface area contributed by atoms with Crippen LogP contribution in [0.3, 0.4) is 0 Å². The first-order valence-corrected chi connectivity index (χ1v) is 8.30. The van der Waals surface area contributed by atoms with E-state index < -0.39 is 0 Å². The van der Waals surface area contributed by atoms with Crippen molar-refractivity contribution < 1.29 is 14.3 Å².